The number of amides is 2. The summed E-state index contributed by atoms with van der Waals surface area (Å²) < 4.78 is 0. The highest BCUT2D eigenvalue weighted by molar-refractivity contribution is 5.89. The Labute approximate surface area is 133 Å². The molecule has 1 saturated carbocycles. The predicted molar refractivity (Wildman–Crippen MR) is 85.0 cm³/mol. The molecule has 2 aliphatic heterocycles. The summed E-state index contributed by atoms with van der Waals surface area (Å²) in [6.07, 6.45) is 5.90. The van der Waals surface area contributed by atoms with Crippen molar-refractivity contribution in [2.75, 3.05) is 19.6 Å². The van der Waals surface area contributed by atoms with Crippen molar-refractivity contribution in [1.82, 2.24) is 9.80 Å². The van der Waals surface area contributed by atoms with Crippen LogP contribution >= 0.6 is 0 Å². The second-order valence-corrected chi connectivity index (χ2v) is 8.03. The summed E-state index contributed by atoms with van der Waals surface area (Å²) in [5, 5.41) is 0. The van der Waals surface area contributed by atoms with E-state index in [0.717, 1.165) is 25.8 Å². The van der Waals surface area contributed by atoms with Gasteiger partial charge in [0.2, 0.25) is 11.8 Å². The summed E-state index contributed by atoms with van der Waals surface area (Å²) in [5.41, 5.74) is 6.11. The van der Waals surface area contributed by atoms with Crippen LogP contribution in [-0.4, -0.2) is 53.3 Å². The normalized spacial score (nSPS) is 32.8. The Morgan fingerprint density at radius 1 is 1.23 bits per heavy atom. The third-order valence-corrected chi connectivity index (χ3v) is 5.90. The van der Waals surface area contributed by atoms with Gasteiger partial charge in [-0.15, -0.1) is 0 Å². The highest BCUT2D eigenvalue weighted by atomic mass is 16.2. The van der Waals surface area contributed by atoms with Crippen LogP contribution in [0.25, 0.3) is 0 Å². The molecule has 2 saturated heterocycles. The molecule has 124 valence electrons. The Hall–Kier alpha value is -1.10. The largest absolute Gasteiger partial charge is 0.342 e. The number of likely N-dealkylation sites (tertiary alicyclic amines) is 2. The zero-order valence-corrected chi connectivity index (χ0v) is 13.9. The number of carbonyl (C=O) groups is 2. The van der Waals surface area contributed by atoms with Gasteiger partial charge in [-0.2, -0.15) is 0 Å². The molecule has 0 aromatic heterocycles. The molecule has 3 rings (SSSR count). The molecule has 2 N–H and O–H groups in total. The SMILES string of the molecule is CC1(C)CN(C(=O)C2CC(=O)N(C3CCCC3)C2)CCC1N. The van der Waals surface area contributed by atoms with Gasteiger partial charge in [-0.25, -0.2) is 0 Å². The summed E-state index contributed by atoms with van der Waals surface area (Å²) in [6.45, 7) is 6.33. The zero-order valence-electron chi connectivity index (χ0n) is 13.9. The molecule has 2 amide bonds. The first-order valence-corrected chi connectivity index (χ1v) is 8.72. The van der Waals surface area contributed by atoms with Gasteiger partial charge in [-0.05, 0) is 24.7 Å². The summed E-state index contributed by atoms with van der Waals surface area (Å²) in [4.78, 5) is 29.0. The van der Waals surface area contributed by atoms with Crippen LogP contribution in [0.1, 0.15) is 52.4 Å². The molecule has 0 aromatic carbocycles. The third kappa shape index (κ3) is 2.87. The maximum Gasteiger partial charge on any atom is 0.228 e. The quantitative estimate of drug-likeness (QED) is 0.838. The van der Waals surface area contributed by atoms with E-state index < -0.39 is 0 Å². The van der Waals surface area contributed by atoms with E-state index in [9.17, 15) is 9.59 Å². The maximum absolute atomic E-state index is 12.8. The zero-order chi connectivity index (χ0) is 15.9. The van der Waals surface area contributed by atoms with Crippen LogP contribution in [-0.2, 0) is 9.59 Å². The second-order valence-electron chi connectivity index (χ2n) is 8.03. The maximum atomic E-state index is 12.8. The van der Waals surface area contributed by atoms with Gasteiger partial charge in [0.25, 0.3) is 0 Å². The predicted octanol–water partition coefficient (Wildman–Crippen LogP) is 1.36. The fraction of sp³-hybridized carbons (Fsp3) is 0.882. The van der Waals surface area contributed by atoms with Crippen molar-refractivity contribution >= 4 is 11.8 Å². The van der Waals surface area contributed by atoms with Gasteiger partial charge in [-0.3, -0.25) is 9.59 Å². The minimum Gasteiger partial charge on any atom is -0.342 e. The molecule has 0 bridgehead atoms. The highest BCUT2D eigenvalue weighted by Crippen LogP contribution is 2.32. The Kier molecular flexibility index (Phi) is 4.19. The van der Waals surface area contributed by atoms with Crippen LogP contribution in [0.5, 0.6) is 0 Å². The van der Waals surface area contributed by atoms with Crippen molar-refractivity contribution in [3.8, 4) is 0 Å². The average molecular weight is 307 g/mol. The van der Waals surface area contributed by atoms with Gasteiger partial charge in [-0.1, -0.05) is 26.7 Å². The Balaban J connectivity index is 1.62. The monoisotopic (exact) mass is 307 g/mol. The lowest BCUT2D eigenvalue weighted by Crippen LogP contribution is -2.55. The molecule has 2 heterocycles. The molecule has 2 atom stereocenters. The Morgan fingerprint density at radius 3 is 2.55 bits per heavy atom. The molecule has 3 fully saturated rings. The molecular weight excluding hydrogens is 278 g/mol. The average Bonchev–Trinajstić information content (AvgIpc) is 3.10. The first-order valence-electron chi connectivity index (χ1n) is 8.72. The summed E-state index contributed by atoms with van der Waals surface area (Å²) in [6, 6.07) is 0.535. The lowest BCUT2D eigenvalue weighted by molar-refractivity contribution is -0.139. The van der Waals surface area contributed by atoms with Crippen LogP contribution < -0.4 is 5.73 Å². The minimum absolute atomic E-state index is 0.0400. The number of carbonyl (C=O) groups excluding carboxylic acids is 2. The first kappa shape index (κ1) is 15.8. The lowest BCUT2D eigenvalue weighted by atomic mass is 9.79. The molecule has 2 unspecified atom stereocenters. The van der Waals surface area contributed by atoms with Gasteiger partial charge in [0.15, 0.2) is 0 Å². The lowest BCUT2D eigenvalue weighted by Gasteiger charge is -2.43. The van der Waals surface area contributed by atoms with Gasteiger partial charge < -0.3 is 15.5 Å². The van der Waals surface area contributed by atoms with E-state index >= 15 is 0 Å². The number of hydrogen-bond acceptors (Lipinski definition) is 3. The number of piperidine rings is 1. The van der Waals surface area contributed by atoms with Gasteiger partial charge >= 0.3 is 0 Å². The molecule has 0 spiro atoms. The van der Waals surface area contributed by atoms with Crippen LogP contribution in [0, 0.1) is 11.3 Å². The second kappa shape index (κ2) is 5.84. The van der Waals surface area contributed by atoms with E-state index in [0.29, 0.717) is 25.6 Å². The number of rotatable bonds is 2. The first-order chi connectivity index (χ1) is 10.4. The van der Waals surface area contributed by atoms with Crippen molar-refractivity contribution in [2.45, 2.75) is 64.5 Å². The molecule has 1 aliphatic carbocycles. The Morgan fingerprint density at radius 2 is 1.91 bits per heavy atom. The van der Waals surface area contributed by atoms with E-state index in [-0.39, 0.29) is 29.2 Å². The number of hydrogen-bond donors (Lipinski definition) is 1. The summed E-state index contributed by atoms with van der Waals surface area (Å²) >= 11 is 0. The van der Waals surface area contributed by atoms with Crippen molar-refractivity contribution < 1.29 is 9.59 Å². The van der Waals surface area contributed by atoms with Gasteiger partial charge in [0.05, 0.1) is 5.92 Å². The van der Waals surface area contributed by atoms with Gasteiger partial charge in [0, 0.05) is 38.1 Å². The number of nitrogens with zero attached hydrogens (tertiary/aromatic N) is 2. The molecule has 3 aliphatic rings. The highest BCUT2D eigenvalue weighted by Gasteiger charge is 2.42. The van der Waals surface area contributed by atoms with Crippen LogP contribution in [0.15, 0.2) is 0 Å². The van der Waals surface area contributed by atoms with E-state index in [1.165, 1.54) is 12.8 Å². The molecule has 5 heteroatoms. The van der Waals surface area contributed by atoms with E-state index in [1.807, 2.05) is 9.80 Å². The molecular formula is C17H29N3O2. The van der Waals surface area contributed by atoms with Crippen LogP contribution in [0.3, 0.4) is 0 Å². The topological polar surface area (TPSA) is 66.6 Å². The standard InChI is InChI=1S/C17H29N3O2/c1-17(2)11-19(8-7-14(17)18)16(22)12-9-15(21)20(10-12)13-5-3-4-6-13/h12-14H,3-11,18H2,1-2H3. The van der Waals surface area contributed by atoms with Crippen molar-refractivity contribution in [3.05, 3.63) is 0 Å². The minimum atomic E-state index is -0.141. The molecule has 5 nitrogen and oxygen atoms in total. The molecule has 0 radical (unpaired) electrons. The third-order valence-electron chi connectivity index (χ3n) is 5.90. The number of nitrogens with two attached hydrogens (primary N) is 1. The van der Waals surface area contributed by atoms with E-state index in [2.05, 4.69) is 13.8 Å². The molecule has 22 heavy (non-hydrogen) atoms. The van der Waals surface area contributed by atoms with Crippen molar-refractivity contribution in [1.29, 1.82) is 0 Å². The van der Waals surface area contributed by atoms with Crippen molar-refractivity contribution in [3.63, 3.8) is 0 Å². The van der Waals surface area contributed by atoms with Crippen LogP contribution in [0.2, 0.25) is 0 Å². The summed E-state index contributed by atoms with van der Waals surface area (Å²) in [7, 11) is 0. The van der Waals surface area contributed by atoms with E-state index in [1.54, 1.807) is 0 Å². The van der Waals surface area contributed by atoms with Crippen LogP contribution in [0.4, 0.5) is 0 Å². The van der Waals surface area contributed by atoms with Gasteiger partial charge in [0.1, 0.15) is 0 Å². The Bertz CT molecular complexity index is 457. The van der Waals surface area contributed by atoms with Crippen molar-refractivity contribution in [2.24, 2.45) is 17.1 Å². The fourth-order valence-electron chi connectivity index (χ4n) is 4.29. The van der Waals surface area contributed by atoms with E-state index in [4.69, 9.17) is 5.73 Å². The molecule has 0 aromatic rings. The summed E-state index contributed by atoms with van der Waals surface area (Å²) in [5.74, 6) is 0.199. The fourth-order valence-corrected chi connectivity index (χ4v) is 4.29. The smallest absolute Gasteiger partial charge is 0.228 e.